The second kappa shape index (κ2) is 7.69. The van der Waals surface area contributed by atoms with E-state index in [0.29, 0.717) is 17.9 Å². The summed E-state index contributed by atoms with van der Waals surface area (Å²) in [7, 11) is 2.55. The van der Waals surface area contributed by atoms with Crippen LogP contribution in [-0.2, 0) is 30.0 Å². The van der Waals surface area contributed by atoms with E-state index in [1.165, 1.54) is 14.1 Å². The molecule has 1 aromatic carbocycles. The SMILES string of the molecule is Cn1c(N)c(C(=O)COC(=O)COc2cccc3c2OC(C)(C)C3)c(=O)n(C)c1=O. The predicted molar refractivity (Wildman–Crippen MR) is 107 cm³/mol. The molecule has 30 heavy (non-hydrogen) atoms. The number of carbonyl (C=O) groups is 2. The molecule has 3 rings (SSSR count). The van der Waals surface area contributed by atoms with Crippen LogP contribution in [0.1, 0.15) is 29.8 Å². The monoisotopic (exact) mass is 417 g/mol. The largest absolute Gasteiger partial charge is 0.483 e. The normalized spacial score (nSPS) is 14.0. The van der Waals surface area contributed by atoms with E-state index in [0.717, 1.165) is 14.7 Å². The lowest BCUT2D eigenvalue weighted by atomic mass is 10.0. The van der Waals surface area contributed by atoms with E-state index in [9.17, 15) is 19.2 Å². The summed E-state index contributed by atoms with van der Waals surface area (Å²) in [6.45, 7) is 2.74. The maximum absolute atomic E-state index is 12.4. The number of ketones is 1. The molecule has 0 aliphatic carbocycles. The van der Waals surface area contributed by atoms with Gasteiger partial charge in [-0.05, 0) is 19.9 Å². The summed E-state index contributed by atoms with van der Waals surface area (Å²) in [6.07, 6.45) is 0.717. The Kier molecular flexibility index (Phi) is 5.43. The third-order valence-electron chi connectivity index (χ3n) is 4.75. The van der Waals surface area contributed by atoms with Gasteiger partial charge in [0, 0.05) is 26.1 Å². The van der Waals surface area contributed by atoms with Crippen LogP contribution < -0.4 is 26.5 Å². The number of ether oxygens (including phenoxy) is 3. The maximum Gasteiger partial charge on any atom is 0.344 e. The quantitative estimate of drug-likeness (QED) is 0.520. The van der Waals surface area contributed by atoms with E-state index in [1.54, 1.807) is 12.1 Å². The number of esters is 1. The molecule has 160 valence electrons. The summed E-state index contributed by atoms with van der Waals surface area (Å²) in [5.74, 6) is -0.938. The minimum Gasteiger partial charge on any atom is -0.483 e. The van der Waals surface area contributed by atoms with Crippen molar-refractivity contribution in [3.05, 3.63) is 50.2 Å². The van der Waals surface area contributed by atoms with Gasteiger partial charge in [-0.3, -0.25) is 18.7 Å². The molecule has 0 radical (unpaired) electrons. The Morgan fingerprint density at radius 2 is 1.87 bits per heavy atom. The van der Waals surface area contributed by atoms with Crippen molar-refractivity contribution in [1.29, 1.82) is 0 Å². The summed E-state index contributed by atoms with van der Waals surface area (Å²) in [6, 6.07) is 5.39. The second-order valence-electron chi connectivity index (χ2n) is 7.62. The molecule has 10 nitrogen and oxygen atoms in total. The van der Waals surface area contributed by atoms with Gasteiger partial charge in [0.2, 0.25) is 5.78 Å². The number of fused-ring (bicyclic) bond motifs is 1. The molecule has 0 atom stereocenters. The fourth-order valence-electron chi connectivity index (χ4n) is 3.22. The standard InChI is InChI=1S/C20H23N3O7/c1-20(2)8-11-6-5-7-13(16(11)30-20)28-10-14(25)29-9-12(24)15-17(21)22(3)19(27)23(4)18(15)26/h5-7H,8-10,21H2,1-4H3. The van der Waals surface area contributed by atoms with Crippen LogP contribution >= 0.6 is 0 Å². The molecule has 0 saturated heterocycles. The fraction of sp³-hybridized carbons (Fsp3) is 0.400. The molecule has 1 aliphatic heterocycles. The zero-order chi connectivity index (χ0) is 22.2. The molecule has 0 saturated carbocycles. The first-order valence-electron chi connectivity index (χ1n) is 9.20. The molecule has 1 aliphatic rings. The van der Waals surface area contributed by atoms with Gasteiger partial charge in [0.1, 0.15) is 17.0 Å². The van der Waals surface area contributed by atoms with Crippen LogP contribution in [0.5, 0.6) is 11.5 Å². The number of benzene rings is 1. The number of Topliss-reactive ketones (excluding diaryl/α,β-unsaturated/α-hetero) is 1. The number of carbonyl (C=O) groups excluding carboxylic acids is 2. The van der Waals surface area contributed by atoms with Gasteiger partial charge in [-0.25, -0.2) is 9.59 Å². The number of aromatic nitrogens is 2. The zero-order valence-corrected chi connectivity index (χ0v) is 17.2. The highest BCUT2D eigenvalue weighted by Crippen LogP contribution is 2.41. The molecule has 2 N–H and O–H groups in total. The summed E-state index contributed by atoms with van der Waals surface area (Å²) in [5, 5.41) is 0. The lowest BCUT2D eigenvalue weighted by Gasteiger charge is -2.18. The Morgan fingerprint density at radius 3 is 2.57 bits per heavy atom. The first-order chi connectivity index (χ1) is 14.0. The number of anilines is 1. The lowest BCUT2D eigenvalue weighted by Crippen LogP contribution is -2.42. The van der Waals surface area contributed by atoms with E-state index in [4.69, 9.17) is 19.9 Å². The van der Waals surface area contributed by atoms with Gasteiger partial charge >= 0.3 is 11.7 Å². The minimum atomic E-state index is -0.854. The molecular weight excluding hydrogens is 394 g/mol. The molecule has 2 heterocycles. The lowest BCUT2D eigenvalue weighted by molar-refractivity contribution is -0.144. The van der Waals surface area contributed by atoms with Gasteiger partial charge in [0.25, 0.3) is 5.56 Å². The van der Waals surface area contributed by atoms with Crippen LogP contribution in [0.4, 0.5) is 5.82 Å². The van der Waals surface area contributed by atoms with E-state index in [2.05, 4.69) is 0 Å². The first kappa shape index (κ1) is 21.2. The summed E-state index contributed by atoms with van der Waals surface area (Å²) < 4.78 is 18.0. The molecule has 0 spiro atoms. The van der Waals surface area contributed by atoms with E-state index >= 15 is 0 Å². The molecule has 1 aromatic heterocycles. The molecule has 2 aromatic rings. The van der Waals surface area contributed by atoms with Crippen molar-refractivity contribution in [2.75, 3.05) is 18.9 Å². The number of nitrogen functional groups attached to an aromatic ring is 1. The van der Waals surface area contributed by atoms with Crippen molar-refractivity contribution in [2.24, 2.45) is 14.1 Å². The second-order valence-corrected chi connectivity index (χ2v) is 7.62. The Hall–Kier alpha value is -3.56. The predicted octanol–water partition coefficient (Wildman–Crippen LogP) is 0.185. The fourth-order valence-corrected chi connectivity index (χ4v) is 3.22. The van der Waals surface area contributed by atoms with Crippen molar-refractivity contribution in [2.45, 2.75) is 25.9 Å². The van der Waals surface area contributed by atoms with Crippen LogP contribution in [0.15, 0.2) is 27.8 Å². The smallest absolute Gasteiger partial charge is 0.344 e. The third kappa shape index (κ3) is 3.93. The Bertz CT molecular complexity index is 1140. The number of para-hydroxylation sites is 1. The average Bonchev–Trinajstić information content (AvgIpc) is 3.02. The van der Waals surface area contributed by atoms with E-state index < -0.39 is 41.8 Å². The van der Waals surface area contributed by atoms with Crippen molar-refractivity contribution in [3.63, 3.8) is 0 Å². The van der Waals surface area contributed by atoms with E-state index in [1.807, 2.05) is 19.9 Å². The summed E-state index contributed by atoms with van der Waals surface area (Å²) in [4.78, 5) is 48.4. The number of nitrogens with two attached hydrogens (primary N) is 1. The first-order valence-corrected chi connectivity index (χ1v) is 9.20. The van der Waals surface area contributed by atoms with E-state index in [-0.39, 0.29) is 11.4 Å². The number of hydrogen-bond donors (Lipinski definition) is 1. The molecule has 0 unspecified atom stereocenters. The maximum atomic E-state index is 12.4. The van der Waals surface area contributed by atoms with Gasteiger partial charge in [-0.1, -0.05) is 12.1 Å². The molecule has 10 heteroatoms. The third-order valence-corrected chi connectivity index (χ3v) is 4.75. The highest BCUT2D eigenvalue weighted by atomic mass is 16.6. The van der Waals surface area contributed by atoms with Crippen LogP contribution in [-0.4, -0.2) is 39.7 Å². The van der Waals surface area contributed by atoms with Gasteiger partial charge < -0.3 is 19.9 Å². The summed E-state index contributed by atoms with van der Waals surface area (Å²) in [5.41, 5.74) is 4.40. The Balaban J connectivity index is 1.63. The van der Waals surface area contributed by atoms with Crippen molar-refractivity contribution in [3.8, 4) is 11.5 Å². The topological polar surface area (TPSA) is 132 Å². The highest BCUT2D eigenvalue weighted by Gasteiger charge is 2.32. The summed E-state index contributed by atoms with van der Waals surface area (Å²) >= 11 is 0. The average molecular weight is 417 g/mol. The van der Waals surface area contributed by atoms with Crippen molar-refractivity contribution < 1.29 is 23.8 Å². The number of nitrogens with zero attached hydrogens (tertiary/aromatic N) is 2. The minimum absolute atomic E-state index is 0.292. The molecule has 0 fully saturated rings. The van der Waals surface area contributed by atoms with Crippen LogP contribution in [0, 0.1) is 0 Å². The zero-order valence-electron chi connectivity index (χ0n) is 17.2. The highest BCUT2D eigenvalue weighted by molar-refractivity contribution is 6.01. The molecule has 0 amide bonds. The van der Waals surface area contributed by atoms with Crippen molar-refractivity contribution in [1.82, 2.24) is 9.13 Å². The van der Waals surface area contributed by atoms with Gasteiger partial charge in [-0.2, -0.15) is 0 Å². The van der Waals surface area contributed by atoms with Crippen LogP contribution in [0.25, 0.3) is 0 Å². The van der Waals surface area contributed by atoms with Gasteiger partial charge in [-0.15, -0.1) is 0 Å². The number of hydrogen-bond acceptors (Lipinski definition) is 8. The van der Waals surface area contributed by atoms with Crippen molar-refractivity contribution >= 4 is 17.6 Å². The molecular formula is C20H23N3O7. The van der Waals surface area contributed by atoms with Gasteiger partial charge in [0.15, 0.2) is 24.7 Å². The number of rotatable bonds is 6. The van der Waals surface area contributed by atoms with Crippen LogP contribution in [0.2, 0.25) is 0 Å². The molecule has 0 bridgehead atoms. The Labute approximate surface area is 171 Å². The van der Waals surface area contributed by atoms with Crippen LogP contribution in [0.3, 0.4) is 0 Å². The Morgan fingerprint density at radius 1 is 1.17 bits per heavy atom. The van der Waals surface area contributed by atoms with Gasteiger partial charge in [0.05, 0.1) is 0 Å².